The van der Waals surface area contributed by atoms with Crippen molar-refractivity contribution in [3.05, 3.63) is 69.5 Å². The van der Waals surface area contributed by atoms with Gasteiger partial charge in [0, 0.05) is 16.8 Å². The quantitative estimate of drug-likeness (QED) is 0.330. The number of aromatic nitrogens is 1. The van der Waals surface area contributed by atoms with Crippen LogP contribution in [0.25, 0.3) is 5.57 Å². The van der Waals surface area contributed by atoms with Crippen molar-refractivity contribution in [3.63, 3.8) is 0 Å². The molecule has 1 N–H and O–H groups in total. The molecule has 0 aliphatic heterocycles. The molecule has 5 rings (SSSR count). The second-order valence-corrected chi connectivity index (χ2v) is 20.3. The van der Waals surface area contributed by atoms with Crippen LogP contribution >= 0.6 is 0 Å². The van der Waals surface area contributed by atoms with Crippen LogP contribution in [0.4, 0.5) is 13.2 Å². The summed E-state index contributed by atoms with van der Waals surface area (Å²) >= 11 is 0. The number of pyridine rings is 1. The molecule has 2 atom stereocenters. The van der Waals surface area contributed by atoms with Gasteiger partial charge < -0.3 is 9.53 Å². The molecule has 1 aromatic heterocycles. The first-order chi connectivity index (χ1) is 20.0. The summed E-state index contributed by atoms with van der Waals surface area (Å²) in [6.07, 6.45) is 6.80. The standard InChI is InChI=1S/C36H50F3NO2Si/c1-34(2,3)43(6,7)42-28-22-35(4,5)21-27-30(28)29(23-13-11-12-14-23)31(32(40-27)24-15-9-8-10-16-24)33(41)25-17-19-26(20-18-25)36(37,38)39/h15,17-20,23,28,33,41H,8-14,16,21-22H2,1-7H3/t28-,33?/m0/s1. The molecule has 0 saturated heterocycles. The van der Waals surface area contributed by atoms with Crippen LogP contribution < -0.4 is 0 Å². The molecule has 3 aliphatic carbocycles. The van der Waals surface area contributed by atoms with Gasteiger partial charge in [0.15, 0.2) is 8.32 Å². The first-order valence-electron chi connectivity index (χ1n) is 16.3. The van der Waals surface area contributed by atoms with Gasteiger partial charge >= 0.3 is 6.18 Å². The van der Waals surface area contributed by atoms with E-state index in [2.05, 4.69) is 53.8 Å². The molecule has 7 heteroatoms. The minimum Gasteiger partial charge on any atom is -0.410 e. The molecular weight excluding hydrogens is 563 g/mol. The Morgan fingerprint density at radius 2 is 1.63 bits per heavy atom. The smallest absolute Gasteiger partial charge is 0.410 e. The number of hydrogen-bond acceptors (Lipinski definition) is 3. The Bertz CT molecular complexity index is 1350. The van der Waals surface area contributed by atoms with Gasteiger partial charge in [-0.25, -0.2) is 0 Å². The van der Waals surface area contributed by atoms with Crippen LogP contribution in [0.3, 0.4) is 0 Å². The van der Waals surface area contributed by atoms with Gasteiger partial charge in [0.25, 0.3) is 0 Å². The molecule has 43 heavy (non-hydrogen) atoms. The fourth-order valence-electron chi connectivity index (χ4n) is 7.19. The van der Waals surface area contributed by atoms with E-state index in [1.54, 1.807) is 0 Å². The van der Waals surface area contributed by atoms with Crippen LogP contribution in [0.1, 0.15) is 150 Å². The van der Waals surface area contributed by atoms with E-state index in [-0.39, 0.29) is 22.5 Å². The summed E-state index contributed by atoms with van der Waals surface area (Å²) < 4.78 is 47.6. The zero-order chi connectivity index (χ0) is 31.4. The zero-order valence-electron chi connectivity index (χ0n) is 27.1. The normalized spacial score (nSPS) is 22.3. The van der Waals surface area contributed by atoms with Gasteiger partial charge in [0.1, 0.15) is 6.10 Å². The third-order valence-electron chi connectivity index (χ3n) is 10.5. The van der Waals surface area contributed by atoms with Gasteiger partial charge in [-0.15, -0.1) is 0 Å². The largest absolute Gasteiger partial charge is 0.416 e. The highest BCUT2D eigenvalue weighted by atomic mass is 28.4. The molecule has 0 bridgehead atoms. The topological polar surface area (TPSA) is 42.4 Å². The summed E-state index contributed by atoms with van der Waals surface area (Å²) in [5.74, 6) is 0.269. The van der Waals surface area contributed by atoms with E-state index >= 15 is 0 Å². The molecule has 1 fully saturated rings. The van der Waals surface area contributed by atoms with Gasteiger partial charge in [-0.2, -0.15) is 13.2 Å². The number of fused-ring (bicyclic) bond motifs is 1. The van der Waals surface area contributed by atoms with Crippen LogP contribution in [0, 0.1) is 5.41 Å². The summed E-state index contributed by atoms with van der Waals surface area (Å²) in [5, 5.41) is 12.2. The van der Waals surface area contributed by atoms with Crippen LogP contribution in [0.5, 0.6) is 0 Å². The fraction of sp³-hybridized carbons (Fsp3) is 0.639. The number of alkyl halides is 3. The molecule has 236 valence electrons. The van der Waals surface area contributed by atoms with E-state index in [0.717, 1.165) is 98.9 Å². The van der Waals surface area contributed by atoms with E-state index in [9.17, 15) is 18.3 Å². The lowest BCUT2D eigenvalue weighted by Crippen LogP contribution is -2.44. The predicted molar refractivity (Wildman–Crippen MR) is 171 cm³/mol. The molecule has 1 heterocycles. The van der Waals surface area contributed by atoms with Crippen molar-refractivity contribution >= 4 is 13.9 Å². The van der Waals surface area contributed by atoms with Gasteiger partial charge in [0.2, 0.25) is 0 Å². The minimum atomic E-state index is -4.43. The monoisotopic (exact) mass is 613 g/mol. The number of aliphatic hydroxyl groups excluding tert-OH is 1. The van der Waals surface area contributed by atoms with E-state index in [4.69, 9.17) is 9.41 Å². The fourth-order valence-corrected chi connectivity index (χ4v) is 8.46. The van der Waals surface area contributed by atoms with E-state index in [1.165, 1.54) is 23.3 Å². The van der Waals surface area contributed by atoms with Gasteiger partial charge in [-0.3, -0.25) is 4.98 Å². The Kier molecular flexibility index (Phi) is 8.87. The highest BCUT2D eigenvalue weighted by molar-refractivity contribution is 6.74. The molecule has 0 amide bonds. The minimum absolute atomic E-state index is 0.00571. The molecule has 3 nitrogen and oxygen atoms in total. The van der Waals surface area contributed by atoms with E-state index in [1.807, 2.05) is 0 Å². The number of aliphatic hydroxyl groups is 1. The summed E-state index contributed by atoms with van der Waals surface area (Å²) in [6.45, 7) is 16.0. The number of nitrogens with zero attached hydrogens (tertiary/aromatic N) is 1. The Labute approximate surface area is 257 Å². The summed E-state index contributed by atoms with van der Waals surface area (Å²) in [5.41, 5.74) is 6.04. The van der Waals surface area contributed by atoms with Crippen molar-refractivity contribution in [3.8, 4) is 0 Å². The molecule has 2 aromatic rings. The molecule has 3 aliphatic rings. The summed E-state index contributed by atoms with van der Waals surface area (Å²) in [7, 11) is -2.17. The third-order valence-corrected chi connectivity index (χ3v) is 15.0. The van der Waals surface area contributed by atoms with Crippen LogP contribution in [0.15, 0.2) is 30.3 Å². The maximum atomic E-state index is 13.4. The van der Waals surface area contributed by atoms with Crippen molar-refractivity contribution in [2.45, 2.75) is 141 Å². The number of hydrogen-bond donors (Lipinski definition) is 1. The first kappa shape index (κ1) is 32.4. The first-order valence-corrected chi connectivity index (χ1v) is 19.2. The summed E-state index contributed by atoms with van der Waals surface area (Å²) in [4.78, 5) is 5.44. The number of allylic oxidation sites excluding steroid dienone is 2. The third kappa shape index (κ3) is 6.69. The van der Waals surface area contributed by atoms with Crippen molar-refractivity contribution < 1.29 is 22.7 Å². The second-order valence-electron chi connectivity index (χ2n) is 15.5. The Hall–Kier alpha value is -1.96. The van der Waals surface area contributed by atoms with Gasteiger partial charge in [-0.05, 0) is 110 Å². The Morgan fingerprint density at radius 1 is 0.977 bits per heavy atom. The molecule has 1 aromatic carbocycles. The Balaban J connectivity index is 1.77. The molecule has 1 saturated carbocycles. The highest BCUT2D eigenvalue weighted by Crippen LogP contribution is 2.53. The number of rotatable bonds is 6. The van der Waals surface area contributed by atoms with Crippen molar-refractivity contribution in [1.82, 2.24) is 4.98 Å². The average Bonchev–Trinajstić information content (AvgIpc) is 3.45. The van der Waals surface area contributed by atoms with E-state index < -0.39 is 26.2 Å². The average molecular weight is 614 g/mol. The predicted octanol–water partition coefficient (Wildman–Crippen LogP) is 10.8. The summed E-state index contributed by atoms with van der Waals surface area (Å²) in [6, 6.07) is 5.06. The van der Waals surface area contributed by atoms with Crippen LogP contribution in [0.2, 0.25) is 18.1 Å². The van der Waals surface area contributed by atoms with Gasteiger partial charge in [0.05, 0.1) is 17.4 Å². The lowest BCUT2D eigenvalue weighted by molar-refractivity contribution is -0.137. The number of halogens is 3. The van der Waals surface area contributed by atoms with Crippen molar-refractivity contribution in [2.24, 2.45) is 5.41 Å². The second kappa shape index (κ2) is 11.8. The lowest BCUT2D eigenvalue weighted by Gasteiger charge is -2.45. The lowest BCUT2D eigenvalue weighted by atomic mass is 9.70. The van der Waals surface area contributed by atoms with Crippen LogP contribution in [-0.2, 0) is 17.0 Å². The zero-order valence-corrected chi connectivity index (χ0v) is 28.1. The van der Waals surface area contributed by atoms with Crippen molar-refractivity contribution in [2.75, 3.05) is 0 Å². The van der Waals surface area contributed by atoms with Crippen molar-refractivity contribution in [1.29, 1.82) is 0 Å². The molecule has 0 radical (unpaired) electrons. The van der Waals surface area contributed by atoms with Crippen LogP contribution in [-0.4, -0.2) is 18.4 Å². The Morgan fingerprint density at radius 3 is 2.19 bits per heavy atom. The molecule has 1 unspecified atom stereocenters. The van der Waals surface area contributed by atoms with Gasteiger partial charge in [-0.1, -0.05) is 65.7 Å². The maximum Gasteiger partial charge on any atom is 0.416 e. The molecule has 0 spiro atoms. The highest BCUT2D eigenvalue weighted by Gasteiger charge is 2.46. The SMILES string of the molecule is CC1(C)Cc2nc(C3=CCCCC3)c(C(O)c3ccc(C(F)(F)F)cc3)c(C3CCCC3)c2[C@@H](O[Si](C)(C)C(C)(C)C)C1. The molecular formula is C36H50F3NO2Si. The number of benzene rings is 1. The van der Waals surface area contributed by atoms with E-state index in [0.29, 0.717) is 5.56 Å². The maximum absolute atomic E-state index is 13.4.